The second kappa shape index (κ2) is 5.85. The first-order valence-corrected chi connectivity index (χ1v) is 7.49. The number of hydrogen-bond acceptors (Lipinski definition) is 3. The van der Waals surface area contributed by atoms with Crippen LogP contribution in [0.2, 0.25) is 0 Å². The van der Waals surface area contributed by atoms with Crippen LogP contribution in [0.15, 0.2) is 6.07 Å². The monoisotopic (exact) mass is 267 g/mol. The number of rotatable bonds is 6. The van der Waals surface area contributed by atoms with Crippen molar-refractivity contribution < 1.29 is 9.90 Å². The SMILES string of the molecule is CCCc1cc(C(=O)NCC(O)C2CC2)sc1C. The van der Waals surface area contributed by atoms with Gasteiger partial charge in [-0.15, -0.1) is 11.3 Å². The lowest BCUT2D eigenvalue weighted by Crippen LogP contribution is -2.32. The van der Waals surface area contributed by atoms with Crippen LogP contribution >= 0.6 is 11.3 Å². The average molecular weight is 267 g/mol. The third-order valence-electron chi connectivity index (χ3n) is 3.40. The average Bonchev–Trinajstić information content (AvgIpc) is 3.13. The maximum atomic E-state index is 12.0. The van der Waals surface area contributed by atoms with E-state index < -0.39 is 0 Å². The molecule has 0 aliphatic heterocycles. The minimum absolute atomic E-state index is 0.0508. The summed E-state index contributed by atoms with van der Waals surface area (Å²) in [6.45, 7) is 4.58. The van der Waals surface area contributed by atoms with Gasteiger partial charge in [0.05, 0.1) is 11.0 Å². The van der Waals surface area contributed by atoms with Gasteiger partial charge in [-0.1, -0.05) is 13.3 Å². The van der Waals surface area contributed by atoms with Gasteiger partial charge in [-0.05, 0) is 43.7 Å². The van der Waals surface area contributed by atoms with Crippen molar-refractivity contribution in [1.82, 2.24) is 5.32 Å². The second-order valence-electron chi connectivity index (χ2n) is 5.06. The summed E-state index contributed by atoms with van der Waals surface area (Å²) in [6, 6.07) is 1.99. The Morgan fingerprint density at radius 2 is 2.33 bits per heavy atom. The van der Waals surface area contributed by atoms with E-state index >= 15 is 0 Å². The molecule has 1 heterocycles. The maximum Gasteiger partial charge on any atom is 0.261 e. The van der Waals surface area contributed by atoms with Crippen LogP contribution in [0.4, 0.5) is 0 Å². The molecule has 1 atom stereocenters. The molecule has 2 rings (SSSR count). The van der Waals surface area contributed by atoms with Gasteiger partial charge < -0.3 is 10.4 Å². The second-order valence-corrected chi connectivity index (χ2v) is 6.31. The molecule has 0 bridgehead atoms. The molecule has 3 nitrogen and oxygen atoms in total. The lowest BCUT2D eigenvalue weighted by molar-refractivity contribution is 0.0905. The van der Waals surface area contributed by atoms with Crippen LogP contribution < -0.4 is 5.32 Å². The number of hydrogen-bond donors (Lipinski definition) is 2. The lowest BCUT2D eigenvalue weighted by Gasteiger charge is -2.09. The summed E-state index contributed by atoms with van der Waals surface area (Å²) in [5.41, 5.74) is 1.27. The van der Waals surface area contributed by atoms with Gasteiger partial charge in [-0.25, -0.2) is 0 Å². The molecule has 18 heavy (non-hydrogen) atoms. The van der Waals surface area contributed by atoms with Gasteiger partial charge in [0.2, 0.25) is 0 Å². The summed E-state index contributed by atoms with van der Waals surface area (Å²) in [5, 5.41) is 12.5. The summed E-state index contributed by atoms with van der Waals surface area (Å²) in [5.74, 6) is 0.358. The summed E-state index contributed by atoms with van der Waals surface area (Å²) >= 11 is 1.54. The van der Waals surface area contributed by atoms with Gasteiger partial charge in [-0.3, -0.25) is 4.79 Å². The molecule has 1 amide bonds. The van der Waals surface area contributed by atoms with Gasteiger partial charge in [0.25, 0.3) is 5.91 Å². The standard InChI is InChI=1S/C14H21NO2S/c1-3-4-11-7-13(18-9(11)2)14(17)15-8-12(16)10-5-6-10/h7,10,12,16H,3-6,8H2,1-2H3,(H,15,17). The molecule has 0 radical (unpaired) electrons. The molecule has 1 aliphatic carbocycles. The molecule has 1 aromatic rings. The number of nitrogens with one attached hydrogen (secondary N) is 1. The molecule has 100 valence electrons. The van der Waals surface area contributed by atoms with Gasteiger partial charge in [0, 0.05) is 11.4 Å². The Labute approximate surface area is 112 Å². The van der Waals surface area contributed by atoms with Crippen molar-refractivity contribution in [3.63, 3.8) is 0 Å². The summed E-state index contributed by atoms with van der Waals surface area (Å²) < 4.78 is 0. The van der Waals surface area contributed by atoms with Gasteiger partial charge in [-0.2, -0.15) is 0 Å². The van der Waals surface area contributed by atoms with Crippen LogP contribution in [0.1, 0.15) is 46.3 Å². The third-order valence-corrected chi connectivity index (χ3v) is 4.49. The van der Waals surface area contributed by atoms with Crippen molar-refractivity contribution in [1.29, 1.82) is 0 Å². The lowest BCUT2D eigenvalue weighted by atomic mass is 10.1. The van der Waals surface area contributed by atoms with E-state index in [1.165, 1.54) is 10.4 Å². The Kier molecular flexibility index (Phi) is 4.40. The molecular formula is C14H21NO2S. The number of aryl methyl sites for hydroxylation is 2. The van der Waals surface area contributed by atoms with Crippen LogP contribution in [0.5, 0.6) is 0 Å². The first kappa shape index (κ1) is 13.6. The third kappa shape index (κ3) is 3.33. The number of aliphatic hydroxyl groups excluding tert-OH is 1. The number of amides is 1. The molecule has 1 saturated carbocycles. The predicted octanol–water partition coefficient (Wildman–Crippen LogP) is 2.51. The Hall–Kier alpha value is -0.870. The van der Waals surface area contributed by atoms with Gasteiger partial charge >= 0.3 is 0 Å². The fraction of sp³-hybridized carbons (Fsp3) is 0.643. The van der Waals surface area contributed by atoms with Crippen LogP contribution in [0.25, 0.3) is 0 Å². The van der Waals surface area contributed by atoms with E-state index in [0.717, 1.165) is 30.6 Å². The minimum Gasteiger partial charge on any atom is -0.391 e. The highest BCUT2D eigenvalue weighted by molar-refractivity contribution is 7.14. The van der Waals surface area contributed by atoms with Crippen LogP contribution in [0, 0.1) is 12.8 Å². The topological polar surface area (TPSA) is 49.3 Å². The first-order valence-electron chi connectivity index (χ1n) is 6.67. The Morgan fingerprint density at radius 3 is 2.94 bits per heavy atom. The molecule has 1 aromatic heterocycles. The van der Waals surface area contributed by atoms with E-state index in [4.69, 9.17) is 0 Å². The summed E-state index contributed by atoms with van der Waals surface area (Å²) in [6.07, 6.45) is 3.94. The quantitative estimate of drug-likeness (QED) is 0.832. The number of aliphatic hydroxyl groups is 1. The molecule has 0 saturated heterocycles. The molecule has 1 fully saturated rings. The van der Waals surface area contributed by atoms with Crippen LogP contribution in [-0.4, -0.2) is 23.7 Å². The van der Waals surface area contributed by atoms with E-state index in [-0.39, 0.29) is 12.0 Å². The zero-order chi connectivity index (χ0) is 13.1. The number of carbonyl (C=O) groups excluding carboxylic acids is 1. The van der Waals surface area contributed by atoms with Gasteiger partial charge in [0.15, 0.2) is 0 Å². The highest BCUT2D eigenvalue weighted by atomic mass is 32.1. The number of carbonyl (C=O) groups is 1. The normalized spacial score (nSPS) is 16.6. The molecule has 2 N–H and O–H groups in total. The summed E-state index contributed by atoms with van der Waals surface area (Å²) in [4.78, 5) is 13.9. The predicted molar refractivity (Wildman–Crippen MR) is 74.1 cm³/mol. The Bertz CT molecular complexity index is 423. The minimum atomic E-state index is -0.370. The van der Waals surface area contributed by atoms with Crippen molar-refractivity contribution in [3.05, 3.63) is 21.4 Å². The first-order chi connectivity index (χ1) is 8.61. The fourth-order valence-corrected chi connectivity index (χ4v) is 3.07. The van der Waals surface area contributed by atoms with Crippen molar-refractivity contribution >= 4 is 17.2 Å². The largest absolute Gasteiger partial charge is 0.391 e. The van der Waals surface area contributed by atoms with E-state index in [9.17, 15) is 9.90 Å². The smallest absolute Gasteiger partial charge is 0.261 e. The van der Waals surface area contributed by atoms with Crippen molar-refractivity contribution in [2.75, 3.05) is 6.54 Å². The van der Waals surface area contributed by atoms with Crippen molar-refractivity contribution in [2.45, 2.75) is 45.6 Å². The van der Waals surface area contributed by atoms with E-state index in [0.29, 0.717) is 12.5 Å². The Balaban J connectivity index is 1.89. The van der Waals surface area contributed by atoms with Gasteiger partial charge in [0.1, 0.15) is 0 Å². The maximum absolute atomic E-state index is 12.0. The molecule has 0 spiro atoms. The summed E-state index contributed by atoms with van der Waals surface area (Å²) in [7, 11) is 0. The van der Waals surface area contributed by atoms with Crippen molar-refractivity contribution in [3.8, 4) is 0 Å². The zero-order valence-corrected chi connectivity index (χ0v) is 11.8. The highest BCUT2D eigenvalue weighted by Gasteiger charge is 2.29. The van der Waals surface area contributed by atoms with Crippen LogP contribution in [0.3, 0.4) is 0 Å². The van der Waals surface area contributed by atoms with Crippen molar-refractivity contribution in [2.24, 2.45) is 5.92 Å². The molecule has 1 unspecified atom stereocenters. The van der Waals surface area contributed by atoms with E-state index in [1.54, 1.807) is 11.3 Å². The van der Waals surface area contributed by atoms with Crippen LogP contribution in [-0.2, 0) is 6.42 Å². The molecule has 0 aromatic carbocycles. The molecule has 4 heteroatoms. The van der Waals surface area contributed by atoms with E-state index in [1.807, 2.05) is 6.07 Å². The zero-order valence-electron chi connectivity index (χ0n) is 11.0. The fourth-order valence-electron chi connectivity index (χ4n) is 2.08. The highest BCUT2D eigenvalue weighted by Crippen LogP contribution is 2.32. The van der Waals surface area contributed by atoms with E-state index in [2.05, 4.69) is 19.2 Å². The number of thiophene rings is 1. The molecule has 1 aliphatic rings. The Morgan fingerprint density at radius 1 is 1.61 bits per heavy atom. The molecular weight excluding hydrogens is 246 g/mol.